The smallest absolute Gasteiger partial charge is 0.255 e. The molecule has 1 fully saturated rings. The number of methoxy groups -OCH3 is 1. The Labute approximate surface area is 164 Å². The van der Waals surface area contributed by atoms with Crippen LogP contribution in [0.4, 0.5) is 0 Å². The molecule has 142 valence electrons. The van der Waals surface area contributed by atoms with E-state index in [4.69, 9.17) is 4.74 Å². The van der Waals surface area contributed by atoms with Gasteiger partial charge >= 0.3 is 0 Å². The molecular formula is C23H23N3O2. The molecule has 1 aliphatic heterocycles. The Morgan fingerprint density at radius 3 is 2.75 bits per heavy atom. The van der Waals surface area contributed by atoms with E-state index in [9.17, 15) is 4.79 Å². The third kappa shape index (κ3) is 2.53. The molecule has 1 aromatic heterocycles. The van der Waals surface area contributed by atoms with Crippen LogP contribution in [0.3, 0.4) is 0 Å². The van der Waals surface area contributed by atoms with Gasteiger partial charge < -0.3 is 9.64 Å². The number of rotatable bonds is 4. The Balaban J connectivity index is 1.56. The van der Waals surface area contributed by atoms with E-state index in [0.29, 0.717) is 6.54 Å². The zero-order valence-electron chi connectivity index (χ0n) is 15.9. The Kier molecular flexibility index (Phi) is 3.97. The minimum atomic E-state index is -0.176. The van der Waals surface area contributed by atoms with Gasteiger partial charge in [-0.2, -0.15) is 5.10 Å². The van der Waals surface area contributed by atoms with Crippen molar-refractivity contribution in [2.45, 2.75) is 37.8 Å². The number of H-pyrrole nitrogens is 1. The number of hydrogen-bond donors (Lipinski definition) is 1. The summed E-state index contributed by atoms with van der Waals surface area (Å²) in [6.07, 6.45) is 8.03. The average molecular weight is 373 g/mol. The fourth-order valence-corrected chi connectivity index (χ4v) is 4.88. The molecule has 5 heteroatoms. The molecule has 1 N–H and O–H groups in total. The van der Waals surface area contributed by atoms with Crippen molar-refractivity contribution < 1.29 is 9.53 Å². The van der Waals surface area contributed by atoms with Crippen LogP contribution in [0.1, 0.15) is 47.2 Å². The average Bonchev–Trinajstić information content (AvgIpc) is 3.47. The summed E-state index contributed by atoms with van der Waals surface area (Å²) in [5, 5.41) is 6.89. The van der Waals surface area contributed by atoms with Gasteiger partial charge in [0.1, 0.15) is 5.75 Å². The SMILES string of the molecule is COc1cccc(CN2C(=O)c3cc(-c4cn[nH]c4)ccc3C23CCCC3)c1. The number of aromatic nitrogens is 2. The van der Waals surface area contributed by atoms with Crippen LogP contribution in [0.25, 0.3) is 11.1 Å². The van der Waals surface area contributed by atoms with E-state index in [-0.39, 0.29) is 11.4 Å². The van der Waals surface area contributed by atoms with Crippen molar-refractivity contribution >= 4 is 5.91 Å². The lowest BCUT2D eigenvalue weighted by atomic mass is 9.86. The lowest BCUT2D eigenvalue weighted by Crippen LogP contribution is -2.41. The predicted molar refractivity (Wildman–Crippen MR) is 107 cm³/mol. The maximum absolute atomic E-state index is 13.5. The van der Waals surface area contributed by atoms with Crippen molar-refractivity contribution in [2.24, 2.45) is 0 Å². The summed E-state index contributed by atoms with van der Waals surface area (Å²) in [6, 6.07) is 14.3. The van der Waals surface area contributed by atoms with Crippen molar-refractivity contribution in [3.05, 3.63) is 71.5 Å². The van der Waals surface area contributed by atoms with E-state index < -0.39 is 0 Å². The quantitative estimate of drug-likeness (QED) is 0.732. The van der Waals surface area contributed by atoms with Crippen molar-refractivity contribution in [1.82, 2.24) is 15.1 Å². The first kappa shape index (κ1) is 17.0. The number of carbonyl (C=O) groups is 1. The predicted octanol–water partition coefficient (Wildman–Crippen LogP) is 4.51. The molecule has 2 aliphatic rings. The molecule has 1 spiro atoms. The molecule has 0 atom stereocenters. The second-order valence-electron chi connectivity index (χ2n) is 7.73. The normalized spacial score (nSPS) is 17.3. The van der Waals surface area contributed by atoms with E-state index >= 15 is 0 Å². The summed E-state index contributed by atoms with van der Waals surface area (Å²) in [6.45, 7) is 0.603. The molecule has 3 aromatic rings. The zero-order chi connectivity index (χ0) is 19.1. The van der Waals surface area contributed by atoms with Gasteiger partial charge in [0.05, 0.1) is 18.8 Å². The van der Waals surface area contributed by atoms with Crippen LogP contribution in [0, 0.1) is 0 Å². The number of aromatic amines is 1. The minimum Gasteiger partial charge on any atom is -0.497 e. The maximum atomic E-state index is 13.5. The van der Waals surface area contributed by atoms with Gasteiger partial charge in [0.25, 0.3) is 5.91 Å². The molecule has 5 rings (SSSR count). The van der Waals surface area contributed by atoms with E-state index in [2.05, 4.69) is 33.3 Å². The molecular weight excluding hydrogens is 350 g/mol. The number of fused-ring (bicyclic) bond motifs is 2. The Hall–Kier alpha value is -3.08. The summed E-state index contributed by atoms with van der Waals surface area (Å²) in [5.74, 6) is 0.953. The Morgan fingerprint density at radius 1 is 1.14 bits per heavy atom. The molecule has 0 bridgehead atoms. The van der Waals surface area contributed by atoms with Gasteiger partial charge in [-0.05, 0) is 47.7 Å². The lowest BCUT2D eigenvalue weighted by molar-refractivity contribution is 0.0529. The van der Waals surface area contributed by atoms with Crippen molar-refractivity contribution in [3.8, 4) is 16.9 Å². The molecule has 2 aromatic carbocycles. The van der Waals surface area contributed by atoms with E-state index in [1.165, 1.54) is 5.56 Å². The van der Waals surface area contributed by atoms with E-state index in [1.807, 2.05) is 30.5 Å². The van der Waals surface area contributed by atoms with Crippen molar-refractivity contribution in [3.63, 3.8) is 0 Å². The van der Waals surface area contributed by atoms with Crippen molar-refractivity contribution in [1.29, 1.82) is 0 Å². The minimum absolute atomic E-state index is 0.130. The fourth-order valence-electron chi connectivity index (χ4n) is 4.88. The number of benzene rings is 2. The number of nitrogens with zero attached hydrogens (tertiary/aromatic N) is 2. The highest BCUT2D eigenvalue weighted by Gasteiger charge is 2.50. The third-order valence-corrected chi connectivity index (χ3v) is 6.25. The van der Waals surface area contributed by atoms with Crippen LogP contribution in [0.15, 0.2) is 54.9 Å². The number of hydrogen-bond acceptors (Lipinski definition) is 3. The number of amides is 1. The topological polar surface area (TPSA) is 58.2 Å². The summed E-state index contributed by atoms with van der Waals surface area (Å²) in [4.78, 5) is 15.6. The molecule has 0 saturated heterocycles. The molecule has 2 heterocycles. The first-order valence-corrected chi connectivity index (χ1v) is 9.80. The molecule has 0 unspecified atom stereocenters. The lowest BCUT2D eigenvalue weighted by Gasteiger charge is -2.36. The monoisotopic (exact) mass is 373 g/mol. The highest BCUT2D eigenvalue weighted by molar-refractivity contribution is 6.01. The first-order valence-electron chi connectivity index (χ1n) is 9.80. The summed E-state index contributed by atoms with van der Waals surface area (Å²) >= 11 is 0. The van der Waals surface area contributed by atoms with Crippen LogP contribution >= 0.6 is 0 Å². The van der Waals surface area contributed by atoms with Gasteiger partial charge in [0, 0.05) is 23.9 Å². The maximum Gasteiger partial charge on any atom is 0.255 e. The fraction of sp³-hybridized carbons (Fsp3) is 0.304. The van der Waals surface area contributed by atoms with Gasteiger partial charge in [-0.15, -0.1) is 0 Å². The van der Waals surface area contributed by atoms with Crippen molar-refractivity contribution in [2.75, 3.05) is 7.11 Å². The second kappa shape index (κ2) is 6.51. The van der Waals surface area contributed by atoms with Gasteiger partial charge in [0.15, 0.2) is 0 Å². The molecule has 28 heavy (non-hydrogen) atoms. The highest BCUT2D eigenvalue weighted by Crippen LogP contribution is 2.51. The molecule has 0 radical (unpaired) electrons. The Morgan fingerprint density at radius 2 is 2.00 bits per heavy atom. The summed E-state index contributed by atoms with van der Waals surface area (Å²) < 4.78 is 5.37. The van der Waals surface area contributed by atoms with Crippen LogP contribution in [-0.2, 0) is 12.1 Å². The molecule has 1 amide bonds. The van der Waals surface area contributed by atoms with Gasteiger partial charge in [0.2, 0.25) is 0 Å². The van der Waals surface area contributed by atoms with Gasteiger partial charge in [-0.25, -0.2) is 0 Å². The first-order chi connectivity index (χ1) is 13.7. The number of nitrogens with one attached hydrogen (secondary N) is 1. The largest absolute Gasteiger partial charge is 0.497 e. The standard InChI is InChI=1S/C23H23N3O2/c1-28-19-6-4-5-16(11-19)15-26-22(27)20-12-17(18-13-24-25-14-18)7-8-21(20)23(26)9-2-3-10-23/h4-8,11-14H,2-3,9-10,15H2,1H3,(H,24,25). The summed E-state index contributed by atoms with van der Waals surface area (Å²) in [5.41, 5.74) is 4.97. The molecule has 5 nitrogen and oxygen atoms in total. The van der Waals surface area contributed by atoms with Crippen LogP contribution < -0.4 is 4.74 Å². The number of ether oxygens (including phenoxy) is 1. The van der Waals surface area contributed by atoms with Crippen LogP contribution in [-0.4, -0.2) is 28.1 Å². The molecule has 1 aliphatic carbocycles. The van der Waals surface area contributed by atoms with Crippen LogP contribution in [0.5, 0.6) is 5.75 Å². The van der Waals surface area contributed by atoms with E-state index in [1.54, 1.807) is 13.3 Å². The zero-order valence-corrected chi connectivity index (χ0v) is 15.9. The van der Waals surface area contributed by atoms with Crippen LogP contribution in [0.2, 0.25) is 0 Å². The third-order valence-electron chi connectivity index (χ3n) is 6.25. The molecule has 1 saturated carbocycles. The summed E-state index contributed by atoms with van der Waals surface area (Å²) in [7, 11) is 1.67. The van der Waals surface area contributed by atoms with Gasteiger partial charge in [-0.3, -0.25) is 9.89 Å². The number of carbonyl (C=O) groups excluding carboxylic acids is 1. The van der Waals surface area contributed by atoms with E-state index in [0.717, 1.165) is 53.7 Å². The van der Waals surface area contributed by atoms with Gasteiger partial charge in [-0.1, -0.05) is 37.1 Å². The highest BCUT2D eigenvalue weighted by atomic mass is 16.5. The Bertz CT molecular complexity index is 1020. The second-order valence-corrected chi connectivity index (χ2v) is 7.73.